The number of hydrogen-bond acceptors (Lipinski definition) is 4. The van der Waals surface area contributed by atoms with Crippen LogP contribution in [-0.2, 0) is 4.79 Å². The molecule has 0 saturated heterocycles. The fourth-order valence-electron chi connectivity index (χ4n) is 3.38. The summed E-state index contributed by atoms with van der Waals surface area (Å²) in [5, 5.41) is 13.3. The van der Waals surface area contributed by atoms with Gasteiger partial charge in [-0.1, -0.05) is 12.5 Å². The van der Waals surface area contributed by atoms with E-state index in [0.29, 0.717) is 41.7 Å². The van der Waals surface area contributed by atoms with E-state index in [9.17, 15) is 23.1 Å². The Labute approximate surface area is 159 Å². The van der Waals surface area contributed by atoms with Crippen LogP contribution < -0.4 is 5.32 Å². The molecule has 1 amide bonds. The molecule has 1 aliphatic rings. The number of carbonyl (C=O) groups is 1. The summed E-state index contributed by atoms with van der Waals surface area (Å²) in [4.78, 5) is 20.2. The number of rotatable bonds is 4. The predicted octanol–water partition coefficient (Wildman–Crippen LogP) is 3.21. The molecule has 2 N–H and O–H groups in total. The largest absolute Gasteiger partial charge is 0.457 e. The number of fused-ring (bicyclic) bond motifs is 1. The van der Waals surface area contributed by atoms with Crippen LogP contribution in [0.5, 0.6) is 0 Å². The van der Waals surface area contributed by atoms with Crippen molar-refractivity contribution < 1.29 is 23.1 Å². The topological polar surface area (TPSA) is 80.0 Å². The quantitative estimate of drug-likeness (QED) is 0.619. The Hall–Kier alpha value is -2.86. The molecule has 0 aliphatic heterocycles. The number of alkyl halides is 3. The minimum Gasteiger partial charge on any atom is -0.380 e. The van der Waals surface area contributed by atoms with Crippen molar-refractivity contribution in [3.63, 3.8) is 0 Å². The summed E-state index contributed by atoms with van der Waals surface area (Å²) in [6, 6.07) is 1.74. The number of hydrogen-bond donors (Lipinski definition) is 2. The maximum atomic E-state index is 12.2. The van der Waals surface area contributed by atoms with E-state index in [2.05, 4.69) is 21.9 Å². The molecule has 6 nitrogen and oxygen atoms in total. The van der Waals surface area contributed by atoms with Gasteiger partial charge in [-0.2, -0.15) is 13.2 Å². The Morgan fingerprint density at radius 3 is 2.86 bits per heavy atom. The molecule has 2 heterocycles. The van der Waals surface area contributed by atoms with Gasteiger partial charge in [0.05, 0.1) is 5.39 Å². The van der Waals surface area contributed by atoms with Crippen LogP contribution in [0.1, 0.15) is 32.2 Å². The van der Waals surface area contributed by atoms with E-state index >= 15 is 0 Å². The molecule has 0 spiro atoms. The third-order valence-corrected chi connectivity index (χ3v) is 4.78. The number of nitrogens with zero attached hydrogens (tertiary/aromatic N) is 3. The summed E-state index contributed by atoms with van der Waals surface area (Å²) in [5.74, 6) is 2.71. The lowest BCUT2D eigenvalue weighted by atomic mass is 10.0. The maximum Gasteiger partial charge on any atom is 0.457 e. The van der Waals surface area contributed by atoms with E-state index < -0.39 is 12.3 Å². The highest BCUT2D eigenvalue weighted by molar-refractivity contribution is 6.06. The zero-order chi connectivity index (χ0) is 20.5. The second kappa shape index (κ2) is 7.64. The average Bonchev–Trinajstić information content (AvgIpc) is 3.26. The molecule has 1 fully saturated rings. The van der Waals surface area contributed by atoms with Crippen LogP contribution in [0.2, 0.25) is 0 Å². The summed E-state index contributed by atoms with van der Waals surface area (Å²) in [7, 11) is 0. The number of aromatic nitrogens is 3. The van der Waals surface area contributed by atoms with Gasteiger partial charge in [0.15, 0.2) is 0 Å². The van der Waals surface area contributed by atoms with Gasteiger partial charge < -0.3 is 15.0 Å². The second-order valence-corrected chi connectivity index (χ2v) is 6.86. The van der Waals surface area contributed by atoms with Crippen LogP contribution in [0.3, 0.4) is 0 Å². The Balaban J connectivity index is 1.79. The normalized spacial score (nSPS) is 20.5. The van der Waals surface area contributed by atoms with Gasteiger partial charge in [0.1, 0.15) is 23.9 Å². The van der Waals surface area contributed by atoms with Crippen molar-refractivity contribution in [2.24, 2.45) is 5.92 Å². The van der Waals surface area contributed by atoms with Crippen LogP contribution in [-0.4, -0.2) is 37.8 Å². The standard InChI is InChI=1S/C19H19F3N4O2/c1-11(2)18(28)25-16-14-6-8-26(17(14)24-10-23-16)13-4-3-12(9-13)15(27)5-7-19(20,21)22/h6,8,10,12-13,15,27H,1,3-4,9H2,2H3,(H,23,24,25,28). The molecule has 148 valence electrons. The van der Waals surface area contributed by atoms with Crippen molar-refractivity contribution in [2.75, 3.05) is 5.32 Å². The summed E-state index contributed by atoms with van der Waals surface area (Å²) in [6.45, 7) is 5.18. The molecule has 28 heavy (non-hydrogen) atoms. The van der Waals surface area contributed by atoms with Crippen molar-refractivity contribution in [1.29, 1.82) is 0 Å². The first kappa shape index (κ1) is 19.9. The first-order chi connectivity index (χ1) is 13.2. The SMILES string of the molecule is C=C(C)C(=O)Nc1ncnc2c1ccn2C1CCC(C(O)C#CC(F)(F)F)C1. The zero-order valence-corrected chi connectivity index (χ0v) is 15.1. The summed E-state index contributed by atoms with van der Waals surface area (Å²) >= 11 is 0. The molecule has 0 bridgehead atoms. The van der Waals surface area contributed by atoms with Gasteiger partial charge in [-0.05, 0) is 38.2 Å². The Morgan fingerprint density at radius 1 is 1.43 bits per heavy atom. The molecule has 3 rings (SSSR count). The highest BCUT2D eigenvalue weighted by Crippen LogP contribution is 2.38. The van der Waals surface area contributed by atoms with Gasteiger partial charge in [0, 0.05) is 23.7 Å². The lowest BCUT2D eigenvalue weighted by Gasteiger charge is -2.16. The number of amides is 1. The number of halogens is 3. The molecule has 2 aromatic rings. The maximum absolute atomic E-state index is 12.2. The van der Waals surface area contributed by atoms with Gasteiger partial charge in [0.25, 0.3) is 5.91 Å². The number of anilines is 1. The molecule has 3 unspecified atom stereocenters. The number of aliphatic hydroxyl groups excluding tert-OH is 1. The minimum absolute atomic E-state index is 0.0376. The van der Waals surface area contributed by atoms with Gasteiger partial charge in [0.2, 0.25) is 0 Å². The van der Waals surface area contributed by atoms with E-state index in [1.807, 2.05) is 10.5 Å². The average molecular weight is 392 g/mol. The lowest BCUT2D eigenvalue weighted by Crippen LogP contribution is -2.17. The smallest absolute Gasteiger partial charge is 0.380 e. The molecule has 0 aromatic carbocycles. The van der Waals surface area contributed by atoms with Gasteiger partial charge in [-0.15, -0.1) is 0 Å². The summed E-state index contributed by atoms with van der Waals surface area (Å²) < 4.78 is 38.6. The Kier molecular flexibility index (Phi) is 5.42. The van der Waals surface area contributed by atoms with E-state index in [4.69, 9.17) is 0 Å². The van der Waals surface area contributed by atoms with E-state index in [1.165, 1.54) is 6.33 Å². The van der Waals surface area contributed by atoms with Crippen molar-refractivity contribution in [1.82, 2.24) is 14.5 Å². The van der Waals surface area contributed by atoms with Crippen LogP contribution in [0, 0.1) is 17.8 Å². The predicted molar refractivity (Wildman–Crippen MR) is 97.2 cm³/mol. The van der Waals surface area contributed by atoms with Crippen LogP contribution >= 0.6 is 0 Å². The minimum atomic E-state index is -4.61. The summed E-state index contributed by atoms with van der Waals surface area (Å²) in [5.41, 5.74) is 0.951. The van der Waals surface area contributed by atoms with E-state index in [-0.39, 0.29) is 17.9 Å². The molecule has 1 saturated carbocycles. The number of nitrogens with one attached hydrogen (secondary N) is 1. The second-order valence-electron chi connectivity index (χ2n) is 6.86. The van der Waals surface area contributed by atoms with Crippen molar-refractivity contribution >= 4 is 22.8 Å². The van der Waals surface area contributed by atoms with Gasteiger partial charge in [-0.25, -0.2) is 9.97 Å². The highest BCUT2D eigenvalue weighted by Gasteiger charge is 2.32. The van der Waals surface area contributed by atoms with Crippen molar-refractivity contribution in [3.8, 4) is 11.8 Å². The molecule has 3 atom stereocenters. The van der Waals surface area contributed by atoms with Crippen LogP contribution in [0.4, 0.5) is 19.0 Å². The monoisotopic (exact) mass is 392 g/mol. The van der Waals surface area contributed by atoms with Crippen molar-refractivity contribution in [3.05, 3.63) is 30.7 Å². The highest BCUT2D eigenvalue weighted by atomic mass is 19.4. The van der Waals surface area contributed by atoms with Gasteiger partial charge >= 0.3 is 6.18 Å². The number of carbonyl (C=O) groups excluding carboxylic acids is 1. The molecule has 1 aliphatic carbocycles. The van der Waals surface area contributed by atoms with Crippen molar-refractivity contribution in [2.45, 2.75) is 44.5 Å². The van der Waals surface area contributed by atoms with Crippen LogP contribution in [0.15, 0.2) is 30.7 Å². The van der Waals surface area contributed by atoms with Crippen LogP contribution in [0.25, 0.3) is 11.0 Å². The molecule has 2 aromatic heterocycles. The molecule has 0 radical (unpaired) electrons. The first-order valence-corrected chi connectivity index (χ1v) is 8.71. The third-order valence-electron chi connectivity index (χ3n) is 4.78. The lowest BCUT2D eigenvalue weighted by molar-refractivity contribution is -0.112. The van der Waals surface area contributed by atoms with Gasteiger partial charge in [-0.3, -0.25) is 4.79 Å². The molecular formula is C19H19F3N4O2. The van der Waals surface area contributed by atoms with E-state index in [0.717, 1.165) is 5.92 Å². The fourth-order valence-corrected chi connectivity index (χ4v) is 3.38. The first-order valence-electron chi connectivity index (χ1n) is 8.71. The number of aliphatic hydroxyl groups is 1. The third kappa shape index (κ3) is 4.34. The fraction of sp³-hybridized carbons (Fsp3) is 0.421. The summed E-state index contributed by atoms with van der Waals surface area (Å²) in [6.07, 6.45) is -1.08. The Morgan fingerprint density at radius 2 is 2.18 bits per heavy atom. The zero-order valence-electron chi connectivity index (χ0n) is 15.1. The Bertz CT molecular complexity index is 971. The molecular weight excluding hydrogens is 373 g/mol. The van der Waals surface area contributed by atoms with E-state index in [1.54, 1.807) is 19.2 Å². The molecule has 9 heteroatoms.